The zero-order chi connectivity index (χ0) is 23.1. The second-order valence-corrected chi connectivity index (χ2v) is 8.80. The molecule has 0 bridgehead atoms. The summed E-state index contributed by atoms with van der Waals surface area (Å²) < 4.78 is 19.8. The summed E-state index contributed by atoms with van der Waals surface area (Å²) in [6, 6.07) is 13.4. The quantitative estimate of drug-likeness (QED) is 0.542. The van der Waals surface area contributed by atoms with Crippen LogP contribution < -0.4 is 0 Å². The van der Waals surface area contributed by atoms with Gasteiger partial charge in [0.2, 0.25) is 0 Å². The molecule has 1 saturated heterocycles. The van der Waals surface area contributed by atoms with Crippen LogP contribution in [0.2, 0.25) is 0 Å². The van der Waals surface area contributed by atoms with Crippen molar-refractivity contribution in [2.75, 3.05) is 19.7 Å². The van der Waals surface area contributed by atoms with Crippen LogP contribution in [0.3, 0.4) is 0 Å². The van der Waals surface area contributed by atoms with Gasteiger partial charge in [-0.1, -0.05) is 36.4 Å². The van der Waals surface area contributed by atoms with E-state index in [1.54, 1.807) is 13.0 Å². The monoisotopic (exact) mass is 443 g/mol. The molecule has 2 aromatic rings. The number of carboxylic acids is 1. The van der Waals surface area contributed by atoms with Gasteiger partial charge in [-0.25, -0.2) is 4.39 Å². The van der Waals surface area contributed by atoms with Gasteiger partial charge in [0.05, 0.1) is 18.8 Å². The van der Waals surface area contributed by atoms with Gasteiger partial charge >= 0.3 is 5.97 Å². The molecular weight excluding hydrogens is 409 g/mol. The van der Waals surface area contributed by atoms with Gasteiger partial charge in [0, 0.05) is 19.0 Å². The number of carbonyl (C=O) groups is 1. The first-order valence-electron chi connectivity index (χ1n) is 11.4. The third-order valence-corrected chi connectivity index (χ3v) is 6.29. The Morgan fingerprint density at radius 1 is 1.28 bits per heavy atom. The fourth-order valence-corrected chi connectivity index (χ4v) is 4.47. The summed E-state index contributed by atoms with van der Waals surface area (Å²) in [7, 11) is 0. The van der Waals surface area contributed by atoms with Gasteiger partial charge in [-0.2, -0.15) is 0 Å². The van der Waals surface area contributed by atoms with Gasteiger partial charge in [0.25, 0.3) is 0 Å². The highest BCUT2D eigenvalue weighted by molar-refractivity contribution is 5.67. The van der Waals surface area contributed by atoms with Crippen LogP contribution in [0.15, 0.2) is 42.5 Å². The molecule has 3 atom stereocenters. The third-order valence-electron chi connectivity index (χ3n) is 6.29. The number of benzene rings is 2. The van der Waals surface area contributed by atoms with Crippen LogP contribution in [0, 0.1) is 12.7 Å². The fraction of sp³-hybridized carbons (Fsp3) is 0.500. The van der Waals surface area contributed by atoms with Crippen molar-refractivity contribution in [1.29, 1.82) is 0 Å². The van der Waals surface area contributed by atoms with E-state index in [0.29, 0.717) is 24.6 Å². The van der Waals surface area contributed by atoms with Crippen LogP contribution in [0.5, 0.6) is 0 Å². The molecule has 1 aliphatic rings. The number of likely N-dealkylation sites (tertiary alicyclic amines) is 1. The number of ether oxygens (including phenoxy) is 1. The van der Waals surface area contributed by atoms with Gasteiger partial charge in [0.15, 0.2) is 0 Å². The van der Waals surface area contributed by atoms with Crippen molar-refractivity contribution < 1.29 is 24.1 Å². The van der Waals surface area contributed by atoms with E-state index in [0.717, 1.165) is 42.5 Å². The van der Waals surface area contributed by atoms with Crippen molar-refractivity contribution in [1.82, 2.24) is 4.90 Å². The minimum atomic E-state index is -0.822. The number of aryl methyl sites for hydroxylation is 2. The molecule has 1 fully saturated rings. The largest absolute Gasteiger partial charge is 0.481 e. The molecule has 6 heteroatoms. The van der Waals surface area contributed by atoms with Gasteiger partial charge in [-0.15, -0.1) is 0 Å². The molecule has 0 unspecified atom stereocenters. The minimum absolute atomic E-state index is 0.0770. The normalized spacial score (nSPS) is 18.6. The number of aliphatic hydroxyl groups excluding tert-OH is 1. The lowest BCUT2D eigenvalue weighted by Gasteiger charge is -2.27. The van der Waals surface area contributed by atoms with E-state index in [1.165, 1.54) is 0 Å². The molecule has 0 radical (unpaired) electrons. The first-order valence-corrected chi connectivity index (χ1v) is 11.4. The molecule has 0 spiro atoms. The number of β-amino-alcohol motifs (C(OH)–C–C–N with tert-alkyl or cyclic N) is 1. The zero-order valence-electron chi connectivity index (χ0n) is 19.0. The molecule has 5 nitrogen and oxygen atoms in total. The fourth-order valence-electron chi connectivity index (χ4n) is 4.47. The number of hydrogen-bond acceptors (Lipinski definition) is 4. The minimum Gasteiger partial charge on any atom is -0.481 e. The molecule has 1 aliphatic heterocycles. The molecule has 2 aromatic carbocycles. The molecule has 2 N–H and O–H groups in total. The predicted octanol–water partition coefficient (Wildman–Crippen LogP) is 4.30. The molecule has 0 aromatic heterocycles. The Balaban J connectivity index is 1.51. The zero-order valence-corrected chi connectivity index (χ0v) is 19.0. The maximum atomic E-state index is 13.9. The number of nitrogens with zero attached hydrogens (tertiary/aromatic N) is 1. The number of carboxylic acid groups (broad SMARTS) is 1. The second-order valence-electron chi connectivity index (χ2n) is 8.80. The topological polar surface area (TPSA) is 70.0 Å². The summed E-state index contributed by atoms with van der Waals surface area (Å²) in [6.45, 7) is 5.34. The molecule has 3 rings (SSSR count). The summed E-state index contributed by atoms with van der Waals surface area (Å²) in [5, 5.41) is 19.6. The van der Waals surface area contributed by atoms with Crippen molar-refractivity contribution in [3.05, 3.63) is 70.5 Å². The molecule has 32 heavy (non-hydrogen) atoms. The lowest BCUT2D eigenvalue weighted by atomic mass is 9.99. The smallest absolute Gasteiger partial charge is 0.303 e. The number of aliphatic hydroxyl groups is 1. The average molecular weight is 444 g/mol. The first-order chi connectivity index (χ1) is 15.3. The Kier molecular flexibility index (Phi) is 8.79. The highest BCUT2D eigenvalue weighted by atomic mass is 19.1. The molecule has 174 valence electrons. The van der Waals surface area contributed by atoms with Crippen LogP contribution in [0.1, 0.15) is 54.5 Å². The van der Waals surface area contributed by atoms with Crippen LogP contribution in [-0.2, 0) is 22.4 Å². The van der Waals surface area contributed by atoms with Crippen LogP contribution in [-0.4, -0.2) is 52.9 Å². The van der Waals surface area contributed by atoms with Crippen molar-refractivity contribution in [2.24, 2.45) is 0 Å². The highest BCUT2D eigenvalue weighted by Gasteiger charge is 2.27. The summed E-state index contributed by atoms with van der Waals surface area (Å²) in [5.41, 5.74) is 3.56. The molecule has 0 amide bonds. The van der Waals surface area contributed by atoms with E-state index in [-0.39, 0.29) is 24.9 Å². The van der Waals surface area contributed by atoms with E-state index in [1.807, 2.05) is 43.3 Å². The van der Waals surface area contributed by atoms with Crippen LogP contribution in [0.4, 0.5) is 4.39 Å². The number of halogens is 1. The van der Waals surface area contributed by atoms with Gasteiger partial charge in [0.1, 0.15) is 5.82 Å². The Labute approximate surface area is 189 Å². The second kappa shape index (κ2) is 11.5. The number of rotatable bonds is 11. The molecule has 0 aliphatic carbocycles. The Bertz CT molecular complexity index is 903. The summed E-state index contributed by atoms with van der Waals surface area (Å²) in [6.07, 6.45) is 2.55. The molecule has 1 heterocycles. The van der Waals surface area contributed by atoms with Crippen molar-refractivity contribution in [2.45, 2.75) is 64.2 Å². The van der Waals surface area contributed by atoms with E-state index < -0.39 is 12.1 Å². The van der Waals surface area contributed by atoms with Crippen molar-refractivity contribution in [3.63, 3.8) is 0 Å². The maximum absolute atomic E-state index is 13.9. The van der Waals surface area contributed by atoms with Gasteiger partial charge < -0.3 is 14.9 Å². The van der Waals surface area contributed by atoms with Crippen LogP contribution in [0.25, 0.3) is 0 Å². The first kappa shape index (κ1) is 24.4. The lowest BCUT2D eigenvalue weighted by molar-refractivity contribution is -0.136. The van der Waals surface area contributed by atoms with Crippen LogP contribution >= 0.6 is 0 Å². The summed E-state index contributed by atoms with van der Waals surface area (Å²) >= 11 is 0. The predicted molar refractivity (Wildman–Crippen MR) is 122 cm³/mol. The SMILES string of the molecule is Cc1ccc(C[C@@H]2CCCN2C[C@H](O)CO[C@H](C)c2ccccc2CCC(=O)O)cc1F. The number of hydrogen-bond donors (Lipinski definition) is 2. The average Bonchev–Trinajstić information content (AvgIpc) is 3.19. The maximum Gasteiger partial charge on any atom is 0.303 e. The van der Waals surface area contributed by atoms with E-state index >= 15 is 0 Å². The lowest BCUT2D eigenvalue weighted by Crippen LogP contribution is -2.39. The highest BCUT2D eigenvalue weighted by Crippen LogP contribution is 2.24. The van der Waals surface area contributed by atoms with E-state index in [4.69, 9.17) is 9.84 Å². The standard InChI is InChI=1S/C26H34FNO4/c1-18-9-10-20(15-25(18)27)14-22-7-5-13-28(22)16-23(29)17-32-19(2)24-8-4-3-6-21(24)11-12-26(30)31/h3-4,6,8-10,15,19,22-23,29H,5,7,11-14,16-17H2,1-2H3,(H,30,31)/t19-,22+,23+/m1/s1. The van der Waals surface area contributed by atoms with Crippen molar-refractivity contribution >= 4 is 5.97 Å². The van der Waals surface area contributed by atoms with Crippen molar-refractivity contribution in [3.8, 4) is 0 Å². The summed E-state index contributed by atoms with van der Waals surface area (Å²) in [4.78, 5) is 13.2. The van der Waals surface area contributed by atoms with Gasteiger partial charge in [-0.3, -0.25) is 9.69 Å². The third kappa shape index (κ3) is 6.86. The van der Waals surface area contributed by atoms with E-state index in [9.17, 15) is 14.3 Å². The Morgan fingerprint density at radius 2 is 2.06 bits per heavy atom. The Morgan fingerprint density at radius 3 is 2.81 bits per heavy atom. The van der Waals surface area contributed by atoms with Gasteiger partial charge in [-0.05, 0) is 74.4 Å². The summed E-state index contributed by atoms with van der Waals surface area (Å²) in [5.74, 6) is -0.990. The molecule has 0 saturated carbocycles. The molecular formula is C26H34FNO4. The number of aliphatic carboxylic acids is 1. The Hall–Kier alpha value is -2.28. The van der Waals surface area contributed by atoms with E-state index in [2.05, 4.69) is 4.90 Å².